The molecule has 126 valence electrons. The van der Waals surface area contributed by atoms with E-state index in [9.17, 15) is 14.7 Å². The highest BCUT2D eigenvalue weighted by atomic mass is 16.3. The average Bonchev–Trinajstić information content (AvgIpc) is 2.96. The molecule has 5 heteroatoms. The fourth-order valence-electron chi connectivity index (χ4n) is 3.59. The van der Waals surface area contributed by atoms with Crippen molar-refractivity contribution >= 4 is 16.8 Å². The van der Waals surface area contributed by atoms with Crippen molar-refractivity contribution in [2.75, 3.05) is 0 Å². The number of pyridine rings is 1. The van der Waals surface area contributed by atoms with E-state index in [2.05, 4.69) is 5.32 Å². The van der Waals surface area contributed by atoms with E-state index in [4.69, 9.17) is 0 Å². The van der Waals surface area contributed by atoms with Gasteiger partial charge in [-0.2, -0.15) is 0 Å². The van der Waals surface area contributed by atoms with E-state index in [1.165, 1.54) is 0 Å². The Labute approximate surface area is 144 Å². The van der Waals surface area contributed by atoms with E-state index in [0.29, 0.717) is 11.9 Å². The van der Waals surface area contributed by atoms with Crippen LogP contribution in [0.2, 0.25) is 0 Å². The summed E-state index contributed by atoms with van der Waals surface area (Å²) in [4.78, 5) is 25.5. The van der Waals surface area contributed by atoms with Gasteiger partial charge in [-0.3, -0.25) is 9.59 Å². The Morgan fingerprint density at radius 3 is 2.72 bits per heavy atom. The molecule has 0 unspecified atom stereocenters. The first-order valence-electron chi connectivity index (χ1n) is 8.29. The van der Waals surface area contributed by atoms with Gasteiger partial charge in [0.15, 0.2) is 0 Å². The third-order valence-corrected chi connectivity index (χ3v) is 4.76. The van der Waals surface area contributed by atoms with Crippen LogP contribution in [0.25, 0.3) is 10.9 Å². The summed E-state index contributed by atoms with van der Waals surface area (Å²) < 4.78 is 1.63. The summed E-state index contributed by atoms with van der Waals surface area (Å²) in [5, 5.41) is 13.9. The quantitative estimate of drug-likeness (QED) is 0.774. The number of aromatic nitrogens is 1. The van der Waals surface area contributed by atoms with E-state index >= 15 is 0 Å². The summed E-state index contributed by atoms with van der Waals surface area (Å²) in [5.74, 6) is -0.792. The Kier molecular flexibility index (Phi) is 3.57. The Balaban J connectivity index is 1.78. The number of para-hydroxylation sites is 1. The molecule has 0 fully saturated rings. The molecule has 1 aromatic heterocycles. The van der Waals surface area contributed by atoms with E-state index in [0.717, 1.165) is 23.1 Å². The largest absolute Gasteiger partial charge is 0.506 e. The third-order valence-electron chi connectivity index (χ3n) is 4.76. The Hall–Kier alpha value is -3.08. The smallest absolute Gasteiger partial charge is 0.267 e. The zero-order valence-electron chi connectivity index (χ0n) is 13.8. The van der Waals surface area contributed by atoms with Gasteiger partial charge in [-0.25, -0.2) is 0 Å². The molecule has 25 heavy (non-hydrogen) atoms. The summed E-state index contributed by atoms with van der Waals surface area (Å²) in [6.07, 6.45) is 0.723. The second-order valence-corrected chi connectivity index (χ2v) is 6.43. The van der Waals surface area contributed by atoms with Gasteiger partial charge in [0.2, 0.25) is 0 Å². The van der Waals surface area contributed by atoms with Crippen LogP contribution in [0.1, 0.15) is 34.5 Å². The van der Waals surface area contributed by atoms with Crippen molar-refractivity contribution in [3.63, 3.8) is 0 Å². The van der Waals surface area contributed by atoms with Crippen molar-refractivity contribution in [3.05, 3.63) is 75.6 Å². The SMILES string of the molecule is C[C@@H]1Cc2cccc3c(O)c(C(=O)NCc4ccccc4)c(=O)n1c23. The van der Waals surface area contributed by atoms with Crippen molar-refractivity contribution in [1.82, 2.24) is 9.88 Å². The standard InChI is InChI=1S/C20H18N2O3/c1-12-10-14-8-5-9-15-17(14)22(12)20(25)16(18(15)23)19(24)21-11-13-6-3-2-4-7-13/h2-9,12,23H,10-11H2,1H3,(H,21,24)/t12-/m1/s1. The Morgan fingerprint density at radius 2 is 1.96 bits per heavy atom. The maximum Gasteiger partial charge on any atom is 0.267 e. The van der Waals surface area contributed by atoms with Crippen LogP contribution in [-0.4, -0.2) is 15.6 Å². The minimum atomic E-state index is -0.554. The lowest BCUT2D eigenvalue weighted by Crippen LogP contribution is -2.33. The summed E-state index contributed by atoms with van der Waals surface area (Å²) in [7, 11) is 0. The zero-order valence-corrected chi connectivity index (χ0v) is 13.8. The lowest BCUT2D eigenvalue weighted by molar-refractivity contribution is 0.0946. The van der Waals surface area contributed by atoms with Crippen LogP contribution in [0.15, 0.2) is 53.3 Å². The van der Waals surface area contributed by atoms with Gasteiger partial charge in [0.05, 0.1) is 5.52 Å². The molecular formula is C20H18N2O3. The maximum atomic E-state index is 12.9. The second kappa shape index (κ2) is 5.77. The van der Waals surface area contributed by atoms with Crippen molar-refractivity contribution in [3.8, 4) is 5.75 Å². The van der Waals surface area contributed by atoms with Crippen LogP contribution in [0.3, 0.4) is 0 Å². The van der Waals surface area contributed by atoms with Gasteiger partial charge >= 0.3 is 0 Å². The summed E-state index contributed by atoms with van der Waals surface area (Å²) in [5.41, 5.74) is 2.06. The van der Waals surface area contributed by atoms with Crippen molar-refractivity contribution in [2.45, 2.75) is 25.9 Å². The molecule has 4 rings (SSSR count). The van der Waals surface area contributed by atoms with Crippen LogP contribution in [0, 0.1) is 0 Å². The van der Waals surface area contributed by atoms with Crippen molar-refractivity contribution < 1.29 is 9.90 Å². The van der Waals surface area contributed by atoms with Gasteiger partial charge in [-0.1, -0.05) is 42.5 Å². The van der Waals surface area contributed by atoms with Gasteiger partial charge in [0.1, 0.15) is 11.3 Å². The highest BCUT2D eigenvalue weighted by molar-refractivity contribution is 6.03. The minimum absolute atomic E-state index is 0.0336. The number of hydrogen-bond donors (Lipinski definition) is 2. The van der Waals surface area contributed by atoms with Crippen molar-refractivity contribution in [2.24, 2.45) is 0 Å². The first-order chi connectivity index (χ1) is 12.1. The number of amides is 1. The molecule has 1 amide bonds. The van der Waals surface area contributed by atoms with Gasteiger partial charge in [0, 0.05) is 18.0 Å². The monoisotopic (exact) mass is 334 g/mol. The predicted octanol–water partition coefficient (Wildman–Crippen LogP) is 2.75. The molecule has 0 spiro atoms. The molecule has 0 bridgehead atoms. The highest BCUT2D eigenvalue weighted by Crippen LogP contribution is 2.35. The van der Waals surface area contributed by atoms with Crippen molar-refractivity contribution in [1.29, 1.82) is 0 Å². The Morgan fingerprint density at radius 1 is 1.20 bits per heavy atom. The van der Waals surface area contributed by atoms with Gasteiger partial charge < -0.3 is 15.0 Å². The molecular weight excluding hydrogens is 316 g/mol. The second-order valence-electron chi connectivity index (χ2n) is 6.43. The number of hydrogen-bond acceptors (Lipinski definition) is 3. The zero-order chi connectivity index (χ0) is 17.6. The predicted molar refractivity (Wildman–Crippen MR) is 95.9 cm³/mol. The molecule has 2 aromatic carbocycles. The van der Waals surface area contributed by atoms with Gasteiger partial charge in [0.25, 0.3) is 11.5 Å². The number of aromatic hydroxyl groups is 1. The number of carbonyl (C=O) groups excluding carboxylic acids is 1. The van der Waals surface area contributed by atoms with Crippen LogP contribution >= 0.6 is 0 Å². The highest BCUT2D eigenvalue weighted by Gasteiger charge is 2.29. The normalized spacial score (nSPS) is 15.5. The maximum absolute atomic E-state index is 12.9. The van der Waals surface area contributed by atoms with Crippen LogP contribution in [-0.2, 0) is 13.0 Å². The van der Waals surface area contributed by atoms with E-state index in [1.54, 1.807) is 10.6 Å². The van der Waals surface area contributed by atoms with Crippen LogP contribution in [0.5, 0.6) is 5.75 Å². The minimum Gasteiger partial charge on any atom is -0.506 e. The van der Waals surface area contributed by atoms with Crippen LogP contribution < -0.4 is 10.9 Å². The number of nitrogens with one attached hydrogen (secondary N) is 1. The fraction of sp³-hybridized carbons (Fsp3) is 0.200. The number of rotatable bonds is 3. The molecule has 1 aliphatic heterocycles. The summed E-state index contributed by atoms with van der Waals surface area (Å²) in [6, 6.07) is 15.0. The Bertz CT molecular complexity index is 1040. The number of nitrogens with zero attached hydrogens (tertiary/aromatic N) is 1. The molecule has 1 atom stereocenters. The molecule has 0 aliphatic carbocycles. The fourth-order valence-corrected chi connectivity index (χ4v) is 3.59. The first-order valence-corrected chi connectivity index (χ1v) is 8.29. The van der Waals surface area contributed by atoms with Gasteiger partial charge in [-0.05, 0) is 30.5 Å². The molecule has 2 N–H and O–H groups in total. The molecule has 0 saturated carbocycles. The summed E-state index contributed by atoms with van der Waals surface area (Å²) in [6.45, 7) is 2.25. The van der Waals surface area contributed by atoms with E-state index in [-0.39, 0.29) is 17.4 Å². The number of benzene rings is 2. The molecule has 5 nitrogen and oxygen atoms in total. The molecule has 3 aromatic rings. The van der Waals surface area contributed by atoms with E-state index < -0.39 is 11.5 Å². The van der Waals surface area contributed by atoms with Crippen LogP contribution in [0.4, 0.5) is 0 Å². The molecule has 2 heterocycles. The lowest BCUT2D eigenvalue weighted by Gasteiger charge is -2.14. The molecule has 0 radical (unpaired) electrons. The molecule has 1 aliphatic rings. The van der Waals surface area contributed by atoms with E-state index in [1.807, 2.05) is 49.4 Å². The molecule has 0 saturated heterocycles. The topological polar surface area (TPSA) is 71.3 Å². The average molecular weight is 334 g/mol. The first kappa shape index (κ1) is 15.4. The van der Waals surface area contributed by atoms with Gasteiger partial charge in [-0.15, -0.1) is 0 Å². The lowest BCUT2D eigenvalue weighted by atomic mass is 10.1. The number of carbonyl (C=O) groups is 1. The summed E-state index contributed by atoms with van der Waals surface area (Å²) >= 11 is 0. The third kappa shape index (κ3) is 2.39.